The van der Waals surface area contributed by atoms with Crippen molar-refractivity contribution in [1.29, 1.82) is 0 Å². The third-order valence-electron chi connectivity index (χ3n) is 4.93. The molecule has 1 fully saturated rings. The smallest absolute Gasteiger partial charge is 0.263 e. The standard InChI is InChI=1S/C20H20N4O2/c1-3-14-6-8-15(9-7-14)12-23-18-17(21-22-23)19(25)24(20(18)26)16-10-4-13(2)5-11-16/h4-11,17-18H,3,12H2,1-2H3/t17-,18-/m0/s1. The second-order valence-electron chi connectivity index (χ2n) is 6.71. The van der Waals surface area contributed by atoms with E-state index in [0.29, 0.717) is 12.2 Å². The number of carbonyl (C=O) groups excluding carboxylic acids is 2. The minimum Gasteiger partial charge on any atom is -0.271 e. The van der Waals surface area contributed by atoms with Gasteiger partial charge in [0.05, 0.1) is 12.2 Å². The zero-order valence-electron chi connectivity index (χ0n) is 14.8. The summed E-state index contributed by atoms with van der Waals surface area (Å²) in [6, 6.07) is 14.1. The maximum atomic E-state index is 12.9. The van der Waals surface area contributed by atoms with Crippen LogP contribution < -0.4 is 4.90 Å². The number of carbonyl (C=O) groups is 2. The predicted octanol–water partition coefficient (Wildman–Crippen LogP) is 3.05. The van der Waals surface area contributed by atoms with Crippen LogP contribution >= 0.6 is 0 Å². The number of fused-ring (bicyclic) bond motifs is 1. The molecule has 2 aliphatic rings. The third kappa shape index (κ3) is 2.67. The largest absolute Gasteiger partial charge is 0.271 e. The Morgan fingerprint density at radius 3 is 2.23 bits per heavy atom. The van der Waals surface area contributed by atoms with Crippen molar-refractivity contribution < 1.29 is 9.59 Å². The van der Waals surface area contributed by atoms with Gasteiger partial charge in [0.2, 0.25) is 0 Å². The number of amides is 2. The molecule has 0 saturated carbocycles. The van der Waals surface area contributed by atoms with Crippen molar-refractivity contribution in [3.05, 3.63) is 65.2 Å². The molecule has 6 heteroatoms. The van der Waals surface area contributed by atoms with Gasteiger partial charge in [-0.15, -0.1) is 0 Å². The molecule has 0 bridgehead atoms. The fraction of sp³-hybridized carbons (Fsp3) is 0.300. The first-order chi connectivity index (χ1) is 12.6. The highest BCUT2D eigenvalue weighted by Crippen LogP contribution is 2.32. The molecule has 2 heterocycles. The molecule has 2 aromatic carbocycles. The van der Waals surface area contributed by atoms with E-state index in [1.807, 2.05) is 31.2 Å². The lowest BCUT2D eigenvalue weighted by Gasteiger charge is -2.20. The van der Waals surface area contributed by atoms with E-state index in [0.717, 1.165) is 17.5 Å². The molecule has 6 nitrogen and oxygen atoms in total. The predicted molar refractivity (Wildman–Crippen MR) is 97.5 cm³/mol. The lowest BCUT2D eigenvalue weighted by atomic mass is 10.1. The van der Waals surface area contributed by atoms with E-state index in [4.69, 9.17) is 0 Å². The summed E-state index contributed by atoms with van der Waals surface area (Å²) in [6.45, 7) is 4.53. The molecule has 132 valence electrons. The first kappa shape index (κ1) is 16.4. The summed E-state index contributed by atoms with van der Waals surface area (Å²) in [5.41, 5.74) is 3.95. The maximum absolute atomic E-state index is 12.9. The lowest BCUT2D eigenvalue weighted by molar-refractivity contribution is -0.123. The van der Waals surface area contributed by atoms with Gasteiger partial charge >= 0.3 is 0 Å². The number of hydrogen-bond acceptors (Lipinski definition) is 5. The number of anilines is 1. The van der Waals surface area contributed by atoms with Gasteiger partial charge in [-0.3, -0.25) is 14.6 Å². The fourth-order valence-corrected chi connectivity index (χ4v) is 3.37. The van der Waals surface area contributed by atoms with Gasteiger partial charge in [-0.2, -0.15) is 5.11 Å². The van der Waals surface area contributed by atoms with Gasteiger partial charge in [0, 0.05) is 0 Å². The Morgan fingerprint density at radius 2 is 1.58 bits per heavy atom. The topological polar surface area (TPSA) is 65.3 Å². The van der Waals surface area contributed by atoms with Crippen LogP contribution in [0.3, 0.4) is 0 Å². The van der Waals surface area contributed by atoms with Crippen molar-refractivity contribution in [3.8, 4) is 0 Å². The van der Waals surface area contributed by atoms with Crippen LogP contribution in [-0.2, 0) is 22.6 Å². The summed E-state index contributed by atoms with van der Waals surface area (Å²) in [5.74, 6) is -0.574. The van der Waals surface area contributed by atoms with Crippen molar-refractivity contribution in [2.45, 2.75) is 38.9 Å². The van der Waals surface area contributed by atoms with E-state index < -0.39 is 12.1 Å². The number of aryl methyl sites for hydroxylation is 2. The molecule has 2 amide bonds. The molecule has 2 aromatic rings. The molecular weight excluding hydrogens is 328 g/mol. The van der Waals surface area contributed by atoms with Gasteiger partial charge in [0.15, 0.2) is 12.1 Å². The van der Waals surface area contributed by atoms with Crippen molar-refractivity contribution in [2.75, 3.05) is 4.90 Å². The van der Waals surface area contributed by atoms with Crippen molar-refractivity contribution >= 4 is 17.5 Å². The molecule has 2 atom stereocenters. The van der Waals surface area contributed by atoms with Crippen LogP contribution in [0.2, 0.25) is 0 Å². The van der Waals surface area contributed by atoms with Gasteiger partial charge in [-0.1, -0.05) is 54.1 Å². The van der Waals surface area contributed by atoms with Gasteiger partial charge in [-0.25, -0.2) is 4.90 Å². The molecule has 0 unspecified atom stereocenters. The Balaban J connectivity index is 1.56. The second-order valence-corrected chi connectivity index (χ2v) is 6.71. The van der Waals surface area contributed by atoms with Crippen molar-refractivity contribution in [2.24, 2.45) is 10.3 Å². The quantitative estimate of drug-likeness (QED) is 0.798. The molecular formula is C20H20N4O2. The molecule has 0 spiro atoms. The molecule has 0 aromatic heterocycles. The summed E-state index contributed by atoms with van der Waals surface area (Å²) < 4.78 is 0. The molecule has 0 aliphatic carbocycles. The first-order valence-electron chi connectivity index (χ1n) is 8.78. The van der Waals surface area contributed by atoms with Crippen LogP contribution in [0.25, 0.3) is 0 Å². The molecule has 1 saturated heterocycles. The van der Waals surface area contributed by atoms with Gasteiger partial charge in [-0.05, 0) is 36.6 Å². The first-order valence-corrected chi connectivity index (χ1v) is 8.78. The van der Waals surface area contributed by atoms with Crippen molar-refractivity contribution in [3.63, 3.8) is 0 Å². The van der Waals surface area contributed by atoms with E-state index in [-0.39, 0.29) is 11.8 Å². The monoisotopic (exact) mass is 348 g/mol. The van der Waals surface area contributed by atoms with Crippen LogP contribution in [0.4, 0.5) is 5.69 Å². The third-order valence-corrected chi connectivity index (χ3v) is 4.93. The molecule has 0 N–H and O–H groups in total. The average molecular weight is 348 g/mol. The van der Waals surface area contributed by atoms with Gasteiger partial charge in [0.25, 0.3) is 11.8 Å². The van der Waals surface area contributed by atoms with Crippen LogP contribution in [0, 0.1) is 6.92 Å². The van der Waals surface area contributed by atoms with E-state index in [1.165, 1.54) is 10.5 Å². The number of nitrogens with zero attached hydrogens (tertiary/aromatic N) is 4. The van der Waals surface area contributed by atoms with Gasteiger partial charge in [0.1, 0.15) is 0 Å². The van der Waals surface area contributed by atoms with E-state index in [2.05, 4.69) is 29.4 Å². The highest BCUT2D eigenvalue weighted by atomic mass is 16.2. The number of hydrogen-bond donors (Lipinski definition) is 0. The number of rotatable bonds is 4. The SMILES string of the molecule is CCc1ccc(CN2N=N[C@@H]3C(=O)N(c4ccc(C)cc4)C(=O)[C@H]32)cc1. The molecule has 2 aliphatic heterocycles. The highest BCUT2D eigenvalue weighted by Gasteiger charge is 2.54. The Bertz CT molecular complexity index is 874. The Morgan fingerprint density at radius 1 is 0.923 bits per heavy atom. The summed E-state index contributed by atoms with van der Waals surface area (Å²) in [4.78, 5) is 26.9. The fourth-order valence-electron chi connectivity index (χ4n) is 3.37. The van der Waals surface area contributed by atoms with Crippen LogP contribution in [0.15, 0.2) is 58.9 Å². The lowest BCUT2D eigenvalue weighted by Crippen LogP contribution is -2.39. The maximum Gasteiger partial charge on any atom is 0.263 e. The van der Waals surface area contributed by atoms with Crippen LogP contribution in [-0.4, -0.2) is 28.9 Å². The van der Waals surface area contributed by atoms with E-state index in [1.54, 1.807) is 17.1 Å². The molecule has 26 heavy (non-hydrogen) atoms. The molecule has 0 radical (unpaired) electrons. The van der Waals surface area contributed by atoms with E-state index in [9.17, 15) is 9.59 Å². The van der Waals surface area contributed by atoms with Crippen molar-refractivity contribution in [1.82, 2.24) is 5.01 Å². The summed E-state index contributed by atoms with van der Waals surface area (Å²) >= 11 is 0. The Labute approximate surface area is 152 Å². The number of benzene rings is 2. The normalized spacial score (nSPS) is 21.6. The van der Waals surface area contributed by atoms with Gasteiger partial charge < -0.3 is 0 Å². The zero-order chi connectivity index (χ0) is 18.3. The number of imide groups is 1. The minimum atomic E-state index is -0.751. The van der Waals surface area contributed by atoms with Crippen LogP contribution in [0.1, 0.15) is 23.6 Å². The molecule has 4 rings (SSSR count). The van der Waals surface area contributed by atoms with E-state index >= 15 is 0 Å². The highest BCUT2D eigenvalue weighted by molar-refractivity contribution is 6.25. The summed E-state index contributed by atoms with van der Waals surface area (Å²) in [6.07, 6.45) is 0.979. The Kier molecular flexibility index (Phi) is 4.03. The zero-order valence-corrected chi connectivity index (χ0v) is 14.8. The second kappa shape index (κ2) is 6.37. The van der Waals surface area contributed by atoms with Crippen LogP contribution in [0.5, 0.6) is 0 Å². The summed E-state index contributed by atoms with van der Waals surface area (Å²) in [5, 5.41) is 9.79. The average Bonchev–Trinajstić information content (AvgIpc) is 3.17. The Hall–Kier alpha value is -3.02. The summed E-state index contributed by atoms with van der Waals surface area (Å²) in [7, 11) is 0. The minimum absolute atomic E-state index is 0.265.